The Morgan fingerprint density at radius 3 is 2.62 bits per heavy atom. The Labute approximate surface area is 120 Å². The van der Waals surface area contributed by atoms with Crippen molar-refractivity contribution >= 4 is 17.5 Å². The summed E-state index contributed by atoms with van der Waals surface area (Å²) in [6, 6.07) is 4.21. The highest BCUT2D eigenvalue weighted by molar-refractivity contribution is 6.30. The molecule has 0 bridgehead atoms. The standard InChI is InChI=1S/C12H8ClF4N3O/c13-7-3-6(1-2-8(7)14)5-18-11-19-9(12(15,16)17)4-10(21)20-11/h1-4H,5H2,(H2,18,19,20,21). The summed E-state index contributed by atoms with van der Waals surface area (Å²) in [6.07, 6.45) is -4.72. The van der Waals surface area contributed by atoms with Gasteiger partial charge in [-0.1, -0.05) is 17.7 Å². The molecule has 0 atom stereocenters. The van der Waals surface area contributed by atoms with Crippen LogP contribution in [0.4, 0.5) is 23.5 Å². The Hall–Kier alpha value is -2.09. The summed E-state index contributed by atoms with van der Waals surface area (Å²) in [5, 5.41) is 2.40. The zero-order valence-corrected chi connectivity index (χ0v) is 11.0. The number of alkyl halides is 3. The fourth-order valence-electron chi connectivity index (χ4n) is 1.52. The van der Waals surface area contributed by atoms with Crippen LogP contribution >= 0.6 is 11.6 Å². The van der Waals surface area contributed by atoms with E-state index in [-0.39, 0.29) is 17.5 Å². The lowest BCUT2D eigenvalue weighted by atomic mass is 10.2. The van der Waals surface area contributed by atoms with Gasteiger partial charge in [-0.05, 0) is 17.7 Å². The molecule has 0 unspecified atom stereocenters. The van der Waals surface area contributed by atoms with Crippen molar-refractivity contribution < 1.29 is 17.6 Å². The van der Waals surface area contributed by atoms with Crippen molar-refractivity contribution in [2.75, 3.05) is 5.32 Å². The van der Waals surface area contributed by atoms with Gasteiger partial charge in [0.2, 0.25) is 5.95 Å². The summed E-state index contributed by atoms with van der Waals surface area (Å²) in [5.74, 6) is -0.943. The number of aromatic nitrogens is 2. The van der Waals surface area contributed by atoms with Gasteiger partial charge in [0.15, 0.2) is 5.69 Å². The third-order valence-corrected chi connectivity index (χ3v) is 2.77. The maximum Gasteiger partial charge on any atom is 0.433 e. The molecule has 2 aromatic rings. The van der Waals surface area contributed by atoms with Crippen molar-refractivity contribution in [2.45, 2.75) is 12.7 Å². The first-order valence-electron chi connectivity index (χ1n) is 5.62. The number of aromatic amines is 1. The highest BCUT2D eigenvalue weighted by Gasteiger charge is 2.33. The van der Waals surface area contributed by atoms with Gasteiger partial charge >= 0.3 is 6.18 Å². The number of nitrogens with one attached hydrogen (secondary N) is 2. The van der Waals surface area contributed by atoms with Crippen LogP contribution in [0, 0.1) is 5.82 Å². The molecule has 9 heteroatoms. The van der Waals surface area contributed by atoms with Crippen LogP contribution in [0.5, 0.6) is 0 Å². The summed E-state index contributed by atoms with van der Waals surface area (Å²) in [5.41, 5.74) is -1.72. The SMILES string of the molecule is O=c1cc(C(F)(F)F)nc(NCc2ccc(F)c(Cl)c2)[nH]1. The number of anilines is 1. The molecule has 2 rings (SSSR count). The van der Waals surface area contributed by atoms with Crippen LogP contribution in [0.2, 0.25) is 5.02 Å². The van der Waals surface area contributed by atoms with Crippen LogP contribution in [0.25, 0.3) is 0 Å². The second-order valence-electron chi connectivity index (χ2n) is 4.08. The second-order valence-corrected chi connectivity index (χ2v) is 4.49. The maximum atomic E-state index is 13.0. The third kappa shape index (κ3) is 3.94. The minimum atomic E-state index is -4.72. The molecule has 0 aliphatic carbocycles. The highest BCUT2D eigenvalue weighted by atomic mass is 35.5. The van der Waals surface area contributed by atoms with Crippen LogP contribution in [0.1, 0.15) is 11.3 Å². The van der Waals surface area contributed by atoms with Crippen molar-refractivity contribution in [1.82, 2.24) is 9.97 Å². The number of halogens is 5. The molecule has 21 heavy (non-hydrogen) atoms. The van der Waals surface area contributed by atoms with Crippen LogP contribution in [-0.4, -0.2) is 9.97 Å². The lowest BCUT2D eigenvalue weighted by Gasteiger charge is -2.09. The van der Waals surface area contributed by atoms with E-state index in [0.717, 1.165) is 6.07 Å². The summed E-state index contributed by atoms with van der Waals surface area (Å²) in [7, 11) is 0. The normalized spacial score (nSPS) is 11.5. The lowest BCUT2D eigenvalue weighted by Crippen LogP contribution is -2.18. The molecule has 0 fully saturated rings. The summed E-state index contributed by atoms with van der Waals surface area (Å²) in [4.78, 5) is 16.6. The predicted octanol–water partition coefficient (Wildman–Crippen LogP) is 3.19. The van der Waals surface area contributed by atoms with Gasteiger partial charge < -0.3 is 5.32 Å². The van der Waals surface area contributed by atoms with E-state index in [0.29, 0.717) is 11.6 Å². The molecule has 0 aliphatic heterocycles. The quantitative estimate of drug-likeness (QED) is 0.854. The molecule has 4 nitrogen and oxygen atoms in total. The van der Waals surface area contributed by atoms with Crippen LogP contribution < -0.4 is 10.9 Å². The molecule has 1 heterocycles. The molecule has 0 amide bonds. The van der Waals surface area contributed by atoms with E-state index in [1.165, 1.54) is 12.1 Å². The summed E-state index contributed by atoms with van der Waals surface area (Å²) in [6.45, 7) is 0.0181. The minimum Gasteiger partial charge on any atom is -0.352 e. The van der Waals surface area contributed by atoms with Crippen molar-refractivity contribution in [3.05, 3.63) is 56.7 Å². The number of nitrogens with zero attached hydrogens (tertiary/aromatic N) is 1. The molecule has 0 spiro atoms. The van der Waals surface area contributed by atoms with Gasteiger partial charge in [0.25, 0.3) is 5.56 Å². The first kappa shape index (κ1) is 15.3. The van der Waals surface area contributed by atoms with Gasteiger partial charge in [-0.2, -0.15) is 13.2 Å². The molecule has 1 aromatic heterocycles. The fourth-order valence-corrected chi connectivity index (χ4v) is 1.73. The number of benzene rings is 1. The molecule has 1 aromatic carbocycles. The average Bonchev–Trinajstić information content (AvgIpc) is 2.38. The zero-order chi connectivity index (χ0) is 15.6. The Morgan fingerprint density at radius 2 is 2.00 bits per heavy atom. The maximum absolute atomic E-state index is 13.0. The van der Waals surface area contributed by atoms with Crippen molar-refractivity contribution in [1.29, 1.82) is 0 Å². The fraction of sp³-hybridized carbons (Fsp3) is 0.167. The topological polar surface area (TPSA) is 57.8 Å². The van der Waals surface area contributed by atoms with Crippen LogP contribution in [0.15, 0.2) is 29.1 Å². The van der Waals surface area contributed by atoms with E-state index in [1.807, 2.05) is 0 Å². The molecule has 0 saturated carbocycles. The van der Waals surface area contributed by atoms with Gasteiger partial charge in [-0.25, -0.2) is 9.37 Å². The molecule has 112 valence electrons. The molecular weight excluding hydrogens is 314 g/mol. The van der Waals surface area contributed by atoms with Crippen LogP contribution in [-0.2, 0) is 12.7 Å². The zero-order valence-electron chi connectivity index (χ0n) is 10.3. The minimum absolute atomic E-state index is 0.0181. The predicted molar refractivity (Wildman–Crippen MR) is 68.6 cm³/mol. The van der Waals surface area contributed by atoms with E-state index in [9.17, 15) is 22.4 Å². The third-order valence-electron chi connectivity index (χ3n) is 2.48. The Balaban J connectivity index is 2.18. The van der Waals surface area contributed by atoms with Crippen LogP contribution in [0.3, 0.4) is 0 Å². The van der Waals surface area contributed by atoms with E-state index in [2.05, 4.69) is 15.3 Å². The van der Waals surface area contributed by atoms with Gasteiger partial charge in [-0.3, -0.25) is 9.78 Å². The monoisotopic (exact) mass is 321 g/mol. The van der Waals surface area contributed by atoms with Gasteiger partial charge in [0.1, 0.15) is 5.82 Å². The lowest BCUT2D eigenvalue weighted by molar-refractivity contribution is -0.141. The Kier molecular flexibility index (Phi) is 4.17. The highest BCUT2D eigenvalue weighted by Crippen LogP contribution is 2.26. The van der Waals surface area contributed by atoms with E-state index in [1.54, 1.807) is 0 Å². The van der Waals surface area contributed by atoms with Crippen molar-refractivity contribution in [3.63, 3.8) is 0 Å². The van der Waals surface area contributed by atoms with Gasteiger partial charge in [0, 0.05) is 12.6 Å². The second kappa shape index (κ2) is 5.72. The first-order chi connectivity index (χ1) is 9.75. The van der Waals surface area contributed by atoms with Crippen molar-refractivity contribution in [3.8, 4) is 0 Å². The largest absolute Gasteiger partial charge is 0.433 e. The molecule has 2 N–H and O–H groups in total. The van der Waals surface area contributed by atoms with Crippen molar-refractivity contribution in [2.24, 2.45) is 0 Å². The number of hydrogen-bond donors (Lipinski definition) is 2. The van der Waals surface area contributed by atoms with Gasteiger partial charge in [-0.15, -0.1) is 0 Å². The van der Waals surface area contributed by atoms with E-state index >= 15 is 0 Å². The Morgan fingerprint density at radius 1 is 1.29 bits per heavy atom. The summed E-state index contributed by atoms with van der Waals surface area (Å²) >= 11 is 5.58. The summed E-state index contributed by atoms with van der Waals surface area (Å²) < 4.78 is 50.5. The average molecular weight is 322 g/mol. The number of hydrogen-bond acceptors (Lipinski definition) is 3. The smallest absolute Gasteiger partial charge is 0.352 e. The molecule has 0 radical (unpaired) electrons. The van der Waals surface area contributed by atoms with Gasteiger partial charge in [0.05, 0.1) is 5.02 Å². The Bertz CT molecular complexity index is 714. The molecule has 0 saturated heterocycles. The molecule has 0 aliphatic rings. The first-order valence-corrected chi connectivity index (χ1v) is 6.00. The number of rotatable bonds is 3. The van der Waals surface area contributed by atoms with E-state index in [4.69, 9.17) is 11.6 Å². The number of H-pyrrole nitrogens is 1. The molecular formula is C12H8ClF4N3O. The van der Waals surface area contributed by atoms with E-state index < -0.39 is 23.2 Å².